The molecule has 1 fully saturated rings. The fourth-order valence-electron chi connectivity index (χ4n) is 1.67. The smallest absolute Gasteiger partial charge is 0.306 e. The average Bonchev–Trinajstić information content (AvgIpc) is 2.66. The van der Waals surface area contributed by atoms with Crippen molar-refractivity contribution in [3.8, 4) is 0 Å². The van der Waals surface area contributed by atoms with Crippen molar-refractivity contribution in [3.05, 3.63) is 0 Å². The summed E-state index contributed by atoms with van der Waals surface area (Å²) in [5.74, 6) is -0.877. The summed E-state index contributed by atoms with van der Waals surface area (Å²) in [6.07, 6.45) is 1.32. The van der Waals surface area contributed by atoms with Gasteiger partial charge in [-0.3, -0.25) is 4.79 Å². The molecule has 0 saturated carbocycles. The lowest BCUT2D eigenvalue weighted by atomic mass is 9.93. The second kappa shape index (κ2) is 5.32. The largest absolute Gasteiger partial charge is 0.481 e. The van der Waals surface area contributed by atoms with E-state index in [0.29, 0.717) is 19.6 Å². The summed E-state index contributed by atoms with van der Waals surface area (Å²) in [7, 11) is 0. The molecule has 0 aromatic carbocycles. The van der Waals surface area contributed by atoms with E-state index < -0.39 is 5.97 Å². The number of aliphatic carboxylic acids is 1. The summed E-state index contributed by atoms with van der Waals surface area (Å²) in [5, 5.41) is 8.79. The Morgan fingerprint density at radius 1 is 1.50 bits per heavy atom. The Bertz CT molecular complexity index is 187. The minimum Gasteiger partial charge on any atom is -0.481 e. The quantitative estimate of drug-likeness (QED) is 0.734. The van der Waals surface area contributed by atoms with Gasteiger partial charge in [0.15, 0.2) is 6.29 Å². The molecule has 0 aliphatic carbocycles. The highest BCUT2D eigenvalue weighted by atomic mass is 16.7. The van der Waals surface area contributed by atoms with Gasteiger partial charge < -0.3 is 14.6 Å². The van der Waals surface area contributed by atoms with Gasteiger partial charge in [0, 0.05) is 5.92 Å². The number of carboxylic acid groups (broad SMARTS) is 1. The molecule has 0 aromatic rings. The second-order valence-corrected chi connectivity index (χ2v) is 3.75. The van der Waals surface area contributed by atoms with Crippen LogP contribution in [0.15, 0.2) is 0 Å². The summed E-state index contributed by atoms with van der Waals surface area (Å²) >= 11 is 0. The number of hydrogen-bond donors (Lipinski definition) is 1. The van der Waals surface area contributed by atoms with Crippen LogP contribution in [-0.4, -0.2) is 30.6 Å². The molecule has 1 aliphatic rings. The molecular formula is C10H18O4. The first-order valence-electron chi connectivity index (χ1n) is 5.11. The van der Waals surface area contributed by atoms with Crippen LogP contribution in [0.1, 0.15) is 26.7 Å². The van der Waals surface area contributed by atoms with Gasteiger partial charge in [-0.05, 0) is 12.8 Å². The zero-order valence-corrected chi connectivity index (χ0v) is 8.73. The third kappa shape index (κ3) is 2.96. The number of carbonyl (C=O) groups is 1. The molecule has 1 N–H and O–H groups in total. The van der Waals surface area contributed by atoms with E-state index in [1.54, 1.807) is 6.92 Å². The van der Waals surface area contributed by atoms with Crippen molar-refractivity contribution in [1.82, 2.24) is 0 Å². The molecule has 4 heteroatoms. The molecule has 82 valence electrons. The van der Waals surface area contributed by atoms with Gasteiger partial charge in [0.2, 0.25) is 0 Å². The third-order valence-corrected chi connectivity index (χ3v) is 2.63. The molecular weight excluding hydrogens is 184 g/mol. The van der Waals surface area contributed by atoms with Crippen molar-refractivity contribution in [1.29, 1.82) is 0 Å². The topological polar surface area (TPSA) is 55.8 Å². The zero-order chi connectivity index (χ0) is 10.6. The summed E-state index contributed by atoms with van der Waals surface area (Å²) in [5.41, 5.74) is 0. The molecule has 1 saturated heterocycles. The van der Waals surface area contributed by atoms with E-state index in [9.17, 15) is 4.79 Å². The number of hydrogen-bond acceptors (Lipinski definition) is 3. The van der Waals surface area contributed by atoms with Crippen LogP contribution in [0.2, 0.25) is 0 Å². The van der Waals surface area contributed by atoms with Gasteiger partial charge in [-0.15, -0.1) is 0 Å². The van der Waals surface area contributed by atoms with Crippen LogP contribution in [0.4, 0.5) is 0 Å². The van der Waals surface area contributed by atoms with E-state index in [1.807, 2.05) is 6.92 Å². The van der Waals surface area contributed by atoms with E-state index in [-0.39, 0.29) is 18.1 Å². The summed E-state index contributed by atoms with van der Waals surface area (Å²) in [4.78, 5) is 10.7. The monoisotopic (exact) mass is 202 g/mol. The van der Waals surface area contributed by atoms with Crippen molar-refractivity contribution in [2.24, 2.45) is 11.8 Å². The molecule has 0 amide bonds. The molecule has 0 spiro atoms. The summed E-state index contributed by atoms with van der Waals surface area (Å²) in [6, 6.07) is 0. The Balaban J connectivity index is 2.41. The second-order valence-electron chi connectivity index (χ2n) is 3.75. The van der Waals surface area contributed by atoms with Gasteiger partial charge >= 0.3 is 5.97 Å². The molecule has 0 aromatic heterocycles. The van der Waals surface area contributed by atoms with Crippen LogP contribution >= 0.6 is 0 Å². The molecule has 14 heavy (non-hydrogen) atoms. The molecule has 2 unspecified atom stereocenters. The highest BCUT2D eigenvalue weighted by Gasteiger charge is 2.28. The zero-order valence-electron chi connectivity index (χ0n) is 8.73. The van der Waals surface area contributed by atoms with Gasteiger partial charge in [-0.25, -0.2) is 0 Å². The lowest BCUT2D eigenvalue weighted by Gasteiger charge is -2.22. The highest BCUT2D eigenvalue weighted by molar-refractivity contribution is 5.69. The maximum atomic E-state index is 10.7. The molecule has 2 atom stereocenters. The summed E-state index contributed by atoms with van der Waals surface area (Å²) < 4.78 is 10.7. The first-order chi connectivity index (χ1) is 6.65. The van der Waals surface area contributed by atoms with Crippen molar-refractivity contribution in [2.45, 2.75) is 33.0 Å². The minimum absolute atomic E-state index is 0.193. The fraction of sp³-hybridized carbons (Fsp3) is 0.900. The molecule has 1 heterocycles. The van der Waals surface area contributed by atoms with E-state index in [1.165, 1.54) is 0 Å². The van der Waals surface area contributed by atoms with E-state index in [2.05, 4.69) is 0 Å². The normalized spacial score (nSPS) is 22.1. The van der Waals surface area contributed by atoms with Gasteiger partial charge in [0.05, 0.1) is 19.1 Å². The Hall–Kier alpha value is -0.610. The fourth-order valence-corrected chi connectivity index (χ4v) is 1.67. The van der Waals surface area contributed by atoms with Crippen molar-refractivity contribution in [2.75, 3.05) is 13.2 Å². The van der Waals surface area contributed by atoms with E-state index in [0.717, 1.165) is 6.42 Å². The molecule has 1 aliphatic heterocycles. The number of carboxylic acids is 1. The van der Waals surface area contributed by atoms with Crippen molar-refractivity contribution < 1.29 is 19.4 Å². The molecule has 0 radical (unpaired) electrons. The third-order valence-electron chi connectivity index (χ3n) is 2.63. The van der Waals surface area contributed by atoms with Crippen molar-refractivity contribution in [3.63, 3.8) is 0 Å². The maximum Gasteiger partial charge on any atom is 0.306 e. The standard InChI is InChI=1S/C10H18O4/c1-3-8(6-7(2)9(11)12)10-13-4-5-14-10/h7-8,10H,3-6H2,1-2H3,(H,11,12). The van der Waals surface area contributed by atoms with Crippen LogP contribution < -0.4 is 0 Å². The van der Waals surface area contributed by atoms with Crippen LogP contribution in [-0.2, 0) is 14.3 Å². The van der Waals surface area contributed by atoms with Crippen molar-refractivity contribution >= 4 is 5.97 Å². The first kappa shape index (κ1) is 11.5. The number of rotatable bonds is 5. The van der Waals surface area contributed by atoms with Crippen LogP contribution in [0.25, 0.3) is 0 Å². The Morgan fingerprint density at radius 3 is 2.50 bits per heavy atom. The molecule has 4 nitrogen and oxygen atoms in total. The van der Waals surface area contributed by atoms with Crippen LogP contribution in [0.3, 0.4) is 0 Å². The van der Waals surface area contributed by atoms with E-state index in [4.69, 9.17) is 14.6 Å². The van der Waals surface area contributed by atoms with Gasteiger partial charge in [-0.2, -0.15) is 0 Å². The highest BCUT2D eigenvalue weighted by Crippen LogP contribution is 2.24. The Kier molecular flexibility index (Phi) is 4.35. The lowest BCUT2D eigenvalue weighted by Crippen LogP contribution is -2.25. The van der Waals surface area contributed by atoms with Crippen LogP contribution in [0, 0.1) is 11.8 Å². The SMILES string of the molecule is CCC(CC(C)C(=O)O)C1OCCO1. The first-order valence-corrected chi connectivity index (χ1v) is 5.11. The molecule has 1 rings (SSSR count). The van der Waals surface area contributed by atoms with E-state index >= 15 is 0 Å². The molecule has 0 bridgehead atoms. The lowest BCUT2D eigenvalue weighted by molar-refractivity contribution is -0.143. The predicted octanol–water partition coefficient (Wildman–Crippen LogP) is 1.50. The Labute approximate surface area is 84.2 Å². The summed E-state index contributed by atoms with van der Waals surface area (Å²) in [6.45, 7) is 5.01. The van der Waals surface area contributed by atoms with Crippen LogP contribution in [0.5, 0.6) is 0 Å². The number of ether oxygens (including phenoxy) is 2. The van der Waals surface area contributed by atoms with Gasteiger partial charge in [-0.1, -0.05) is 13.8 Å². The van der Waals surface area contributed by atoms with Gasteiger partial charge in [0.25, 0.3) is 0 Å². The minimum atomic E-state index is -0.749. The average molecular weight is 202 g/mol. The Morgan fingerprint density at radius 2 is 2.07 bits per heavy atom. The maximum absolute atomic E-state index is 10.7. The predicted molar refractivity (Wildman–Crippen MR) is 50.9 cm³/mol. The van der Waals surface area contributed by atoms with Gasteiger partial charge in [0.1, 0.15) is 0 Å².